The van der Waals surface area contributed by atoms with Crippen LogP contribution < -0.4 is 10.6 Å². The molecule has 8 heteroatoms. The van der Waals surface area contributed by atoms with Gasteiger partial charge in [-0.2, -0.15) is 0 Å². The Morgan fingerprint density at radius 1 is 1.10 bits per heavy atom. The molecule has 0 unspecified atom stereocenters. The van der Waals surface area contributed by atoms with Crippen molar-refractivity contribution in [3.63, 3.8) is 0 Å². The van der Waals surface area contributed by atoms with Crippen LogP contribution in [0.15, 0.2) is 29.3 Å². The van der Waals surface area contributed by atoms with Gasteiger partial charge in [0.15, 0.2) is 5.96 Å². The highest BCUT2D eigenvalue weighted by molar-refractivity contribution is 14.0. The number of likely N-dealkylation sites (tertiary alicyclic amines) is 1. The van der Waals surface area contributed by atoms with Gasteiger partial charge in [-0.3, -0.25) is 9.79 Å². The van der Waals surface area contributed by atoms with E-state index in [0.717, 1.165) is 38.4 Å². The zero-order valence-corrected chi connectivity index (χ0v) is 20.7. The summed E-state index contributed by atoms with van der Waals surface area (Å²) in [5.41, 5.74) is 2.35. The average Bonchev–Trinajstić information content (AvgIpc) is 3.14. The number of unbranched alkanes of at least 4 members (excludes halogenated alkanes) is 1. The van der Waals surface area contributed by atoms with Crippen molar-refractivity contribution in [2.24, 2.45) is 4.99 Å². The van der Waals surface area contributed by atoms with Crippen LogP contribution >= 0.6 is 24.0 Å². The lowest BCUT2D eigenvalue weighted by molar-refractivity contribution is -0.128. The Morgan fingerprint density at radius 3 is 2.50 bits per heavy atom. The van der Waals surface area contributed by atoms with Gasteiger partial charge in [0.2, 0.25) is 5.91 Å². The van der Waals surface area contributed by atoms with Gasteiger partial charge in [-0.15, -0.1) is 24.0 Å². The summed E-state index contributed by atoms with van der Waals surface area (Å²) >= 11 is 0. The third-order valence-electron chi connectivity index (χ3n) is 4.87. The molecule has 1 heterocycles. The average molecular weight is 532 g/mol. The third kappa shape index (κ3) is 10.1. The fraction of sp³-hybridized carbons (Fsp3) is 0.636. The standard InChI is InChI=1S/C22H36N4O3.HI/c1-3-4-13-28-15-16-29-14-11-24-22(23-2)25-17-19-8-5-6-9-20(19)18-26-12-7-10-21(26)27;/h5-6,8-9H,3-4,7,10-18H2,1-2H3,(H2,23,24,25);1H. The second kappa shape index (κ2) is 16.3. The van der Waals surface area contributed by atoms with Gasteiger partial charge in [-0.05, 0) is 24.0 Å². The van der Waals surface area contributed by atoms with Crippen molar-refractivity contribution >= 4 is 35.8 Å². The molecule has 170 valence electrons. The molecule has 7 nitrogen and oxygen atoms in total. The molecular formula is C22H37IN4O3. The van der Waals surface area contributed by atoms with Crippen molar-refractivity contribution in [2.45, 2.75) is 45.7 Å². The fourth-order valence-electron chi connectivity index (χ4n) is 3.17. The van der Waals surface area contributed by atoms with Crippen LogP contribution in [0.4, 0.5) is 0 Å². The van der Waals surface area contributed by atoms with Crippen molar-refractivity contribution in [2.75, 3.05) is 46.6 Å². The number of hydrogen-bond donors (Lipinski definition) is 2. The summed E-state index contributed by atoms with van der Waals surface area (Å²) < 4.78 is 11.0. The van der Waals surface area contributed by atoms with Crippen LogP contribution in [0, 0.1) is 0 Å². The van der Waals surface area contributed by atoms with E-state index in [2.05, 4.69) is 34.7 Å². The van der Waals surface area contributed by atoms with Crippen LogP contribution in [0.1, 0.15) is 43.7 Å². The molecule has 30 heavy (non-hydrogen) atoms. The maximum atomic E-state index is 11.9. The summed E-state index contributed by atoms with van der Waals surface area (Å²) in [6.45, 7) is 7.68. The summed E-state index contributed by atoms with van der Waals surface area (Å²) in [7, 11) is 1.76. The first-order chi connectivity index (χ1) is 14.2. The summed E-state index contributed by atoms with van der Waals surface area (Å²) in [5, 5.41) is 6.60. The highest BCUT2D eigenvalue weighted by atomic mass is 127. The number of carbonyl (C=O) groups excluding carboxylic acids is 1. The molecule has 2 N–H and O–H groups in total. The topological polar surface area (TPSA) is 75.2 Å². The molecule has 1 aromatic carbocycles. The monoisotopic (exact) mass is 532 g/mol. The summed E-state index contributed by atoms with van der Waals surface area (Å²) in [4.78, 5) is 18.1. The van der Waals surface area contributed by atoms with Gasteiger partial charge in [-0.1, -0.05) is 37.6 Å². The molecule has 1 amide bonds. The number of amides is 1. The maximum absolute atomic E-state index is 11.9. The molecule has 1 fully saturated rings. The number of halogens is 1. The smallest absolute Gasteiger partial charge is 0.222 e. The molecule has 0 spiro atoms. The van der Waals surface area contributed by atoms with E-state index in [0.29, 0.717) is 45.9 Å². The molecule has 0 bridgehead atoms. The first-order valence-corrected chi connectivity index (χ1v) is 10.7. The second-order valence-electron chi connectivity index (χ2n) is 7.12. The first kappa shape index (κ1) is 26.6. The number of aliphatic imine (C=N–C) groups is 1. The Bertz CT molecular complexity index is 643. The molecule has 2 rings (SSSR count). The normalized spacial score (nSPS) is 14.0. The molecular weight excluding hydrogens is 495 g/mol. The minimum absolute atomic E-state index is 0. The van der Waals surface area contributed by atoms with E-state index in [1.165, 1.54) is 11.1 Å². The van der Waals surface area contributed by atoms with Crippen molar-refractivity contribution in [3.8, 4) is 0 Å². The highest BCUT2D eigenvalue weighted by Crippen LogP contribution is 2.17. The number of nitrogens with zero attached hydrogens (tertiary/aromatic N) is 2. The summed E-state index contributed by atoms with van der Waals surface area (Å²) in [6, 6.07) is 8.24. The van der Waals surface area contributed by atoms with E-state index >= 15 is 0 Å². The largest absolute Gasteiger partial charge is 0.379 e. The number of ether oxygens (including phenoxy) is 2. The molecule has 0 radical (unpaired) electrons. The molecule has 0 aliphatic carbocycles. The van der Waals surface area contributed by atoms with Gasteiger partial charge < -0.3 is 25.0 Å². The molecule has 0 aromatic heterocycles. The zero-order valence-electron chi connectivity index (χ0n) is 18.3. The predicted molar refractivity (Wildman–Crippen MR) is 131 cm³/mol. The van der Waals surface area contributed by atoms with Crippen molar-refractivity contribution < 1.29 is 14.3 Å². The van der Waals surface area contributed by atoms with E-state index in [4.69, 9.17) is 9.47 Å². The Morgan fingerprint density at radius 2 is 1.83 bits per heavy atom. The lowest BCUT2D eigenvalue weighted by Gasteiger charge is -2.19. The first-order valence-electron chi connectivity index (χ1n) is 10.7. The van der Waals surface area contributed by atoms with Crippen molar-refractivity contribution in [1.29, 1.82) is 0 Å². The van der Waals surface area contributed by atoms with Crippen LogP contribution in [0.5, 0.6) is 0 Å². The van der Waals surface area contributed by atoms with Crippen molar-refractivity contribution in [3.05, 3.63) is 35.4 Å². The minimum Gasteiger partial charge on any atom is -0.379 e. The quantitative estimate of drug-likeness (QED) is 0.177. The third-order valence-corrected chi connectivity index (χ3v) is 4.87. The number of rotatable bonds is 13. The molecule has 0 atom stereocenters. The second-order valence-corrected chi connectivity index (χ2v) is 7.12. The van der Waals surface area contributed by atoms with Crippen LogP contribution in [-0.2, 0) is 27.4 Å². The van der Waals surface area contributed by atoms with Crippen LogP contribution in [-0.4, -0.2) is 63.3 Å². The number of carbonyl (C=O) groups is 1. The fourth-order valence-corrected chi connectivity index (χ4v) is 3.17. The number of hydrogen-bond acceptors (Lipinski definition) is 4. The SMILES string of the molecule is CCCCOCCOCCNC(=NC)NCc1ccccc1CN1CCCC1=O.I. The van der Waals surface area contributed by atoms with Gasteiger partial charge >= 0.3 is 0 Å². The Hall–Kier alpha value is -1.39. The molecule has 1 aromatic rings. The van der Waals surface area contributed by atoms with E-state index in [1.54, 1.807) is 7.05 Å². The van der Waals surface area contributed by atoms with E-state index in [1.807, 2.05) is 17.0 Å². The lowest BCUT2D eigenvalue weighted by Crippen LogP contribution is -2.39. The lowest BCUT2D eigenvalue weighted by atomic mass is 10.1. The van der Waals surface area contributed by atoms with Crippen LogP contribution in [0.2, 0.25) is 0 Å². The molecule has 0 saturated carbocycles. The van der Waals surface area contributed by atoms with Gasteiger partial charge in [0, 0.05) is 46.3 Å². The molecule has 1 saturated heterocycles. The van der Waals surface area contributed by atoms with Gasteiger partial charge in [0.25, 0.3) is 0 Å². The minimum atomic E-state index is 0. The van der Waals surface area contributed by atoms with Crippen molar-refractivity contribution in [1.82, 2.24) is 15.5 Å². The number of nitrogens with one attached hydrogen (secondary N) is 2. The van der Waals surface area contributed by atoms with E-state index in [-0.39, 0.29) is 29.9 Å². The Labute approximate surface area is 198 Å². The van der Waals surface area contributed by atoms with Crippen LogP contribution in [0.3, 0.4) is 0 Å². The van der Waals surface area contributed by atoms with Gasteiger partial charge in [0.05, 0.1) is 19.8 Å². The zero-order chi connectivity index (χ0) is 20.7. The van der Waals surface area contributed by atoms with Gasteiger partial charge in [-0.25, -0.2) is 0 Å². The number of benzene rings is 1. The maximum Gasteiger partial charge on any atom is 0.222 e. The highest BCUT2D eigenvalue weighted by Gasteiger charge is 2.20. The van der Waals surface area contributed by atoms with Crippen LogP contribution in [0.25, 0.3) is 0 Å². The number of guanidine groups is 1. The van der Waals surface area contributed by atoms with E-state index < -0.39 is 0 Å². The van der Waals surface area contributed by atoms with Gasteiger partial charge in [0.1, 0.15) is 0 Å². The summed E-state index contributed by atoms with van der Waals surface area (Å²) in [5.74, 6) is 0.987. The predicted octanol–water partition coefficient (Wildman–Crippen LogP) is 2.93. The molecule has 1 aliphatic heterocycles. The summed E-state index contributed by atoms with van der Waals surface area (Å²) in [6.07, 6.45) is 3.88. The molecule has 1 aliphatic rings. The van der Waals surface area contributed by atoms with E-state index in [9.17, 15) is 4.79 Å². The Balaban J connectivity index is 0.00000450. The Kier molecular flexibility index (Phi) is 14.5.